The van der Waals surface area contributed by atoms with E-state index in [2.05, 4.69) is 72.2 Å². The van der Waals surface area contributed by atoms with Gasteiger partial charge in [0.15, 0.2) is 0 Å². The molecule has 0 aliphatic carbocycles. The zero-order valence-electron chi connectivity index (χ0n) is 15.9. The van der Waals surface area contributed by atoms with Crippen molar-refractivity contribution in [2.75, 3.05) is 0 Å². The van der Waals surface area contributed by atoms with Crippen LogP contribution in [0, 0.1) is 0 Å². The van der Waals surface area contributed by atoms with Gasteiger partial charge < -0.3 is 0 Å². The van der Waals surface area contributed by atoms with Crippen molar-refractivity contribution in [2.45, 2.75) is 38.8 Å². The minimum atomic E-state index is -0.707. The smallest absolute Gasteiger partial charge is 0.0973 e. The first kappa shape index (κ1) is 19.0. The van der Waals surface area contributed by atoms with Crippen LogP contribution >= 0.6 is 0 Å². The number of alkyl halides is 1. The number of rotatable bonds is 8. The van der Waals surface area contributed by atoms with Crippen molar-refractivity contribution >= 4 is 16.8 Å². The molecule has 1 nitrogen and oxygen atoms in total. The first-order chi connectivity index (χ1) is 13.2. The molecule has 0 radical (unpaired) electrons. The third kappa shape index (κ3) is 5.37. The van der Waals surface area contributed by atoms with Gasteiger partial charge in [-0.25, -0.2) is 4.39 Å². The Hall–Kier alpha value is -2.74. The van der Waals surface area contributed by atoms with Gasteiger partial charge in [-0.05, 0) is 66.3 Å². The third-order valence-electron chi connectivity index (χ3n) is 4.66. The minimum Gasteiger partial charge on any atom is -0.260 e. The van der Waals surface area contributed by atoms with E-state index in [4.69, 9.17) is 0 Å². The van der Waals surface area contributed by atoms with E-state index >= 15 is 0 Å². The van der Waals surface area contributed by atoms with Crippen LogP contribution in [0.25, 0.3) is 28.0 Å². The lowest BCUT2D eigenvalue weighted by Gasteiger charge is -2.06. The van der Waals surface area contributed by atoms with Gasteiger partial charge in [-0.2, -0.15) is 0 Å². The first-order valence-corrected chi connectivity index (χ1v) is 9.56. The topological polar surface area (TPSA) is 12.9 Å². The van der Waals surface area contributed by atoms with E-state index < -0.39 is 6.17 Å². The number of fused-ring (bicyclic) bond motifs is 1. The monoisotopic (exact) mass is 359 g/mol. The number of nitrogens with zero attached hydrogens (tertiary/aromatic N) is 1. The van der Waals surface area contributed by atoms with Gasteiger partial charge in [0.05, 0.1) is 6.17 Å². The van der Waals surface area contributed by atoms with Crippen molar-refractivity contribution in [1.82, 2.24) is 4.98 Å². The largest absolute Gasteiger partial charge is 0.260 e. The predicted molar refractivity (Wildman–Crippen MR) is 115 cm³/mol. The number of hydrogen-bond donors (Lipinski definition) is 0. The van der Waals surface area contributed by atoms with Gasteiger partial charge >= 0.3 is 0 Å². The van der Waals surface area contributed by atoms with E-state index in [-0.39, 0.29) is 0 Å². The highest BCUT2D eigenvalue weighted by Gasteiger charge is 2.02. The molecule has 138 valence electrons. The second-order valence-electron chi connectivity index (χ2n) is 6.97. The van der Waals surface area contributed by atoms with Crippen LogP contribution in [0.1, 0.15) is 37.4 Å². The normalized spacial score (nSPS) is 12.5. The molecular formula is C25H26FN. The lowest BCUT2D eigenvalue weighted by molar-refractivity contribution is 0.335. The second-order valence-corrected chi connectivity index (χ2v) is 6.97. The van der Waals surface area contributed by atoms with Gasteiger partial charge in [-0.3, -0.25) is 4.98 Å². The fraction of sp³-hybridized carbons (Fsp3) is 0.240. The number of aromatic nitrogens is 1. The molecular weight excluding hydrogens is 333 g/mol. The number of halogens is 1. The Kier molecular flexibility index (Phi) is 6.54. The first-order valence-electron chi connectivity index (χ1n) is 9.56. The molecule has 0 fully saturated rings. The van der Waals surface area contributed by atoms with E-state index in [0.717, 1.165) is 30.5 Å². The lowest BCUT2D eigenvalue weighted by atomic mass is 10.0. The lowest BCUT2D eigenvalue weighted by Crippen LogP contribution is -1.90. The maximum Gasteiger partial charge on any atom is 0.0973 e. The van der Waals surface area contributed by atoms with Crippen LogP contribution in [0.2, 0.25) is 0 Å². The summed E-state index contributed by atoms with van der Waals surface area (Å²) in [5.74, 6) is 0. The van der Waals surface area contributed by atoms with Gasteiger partial charge in [0.25, 0.3) is 0 Å². The average molecular weight is 359 g/mol. The van der Waals surface area contributed by atoms with Gasteiger partial charge in [0, 0.05) is 23.9 Å². The van der Waals surface area contributed by atoms with Crippen molar-refractivity contribution in [3.8, 4) is 11.1 Å². The van der Waals surface area contributed by atoms with Crippen LogP contribution in [-0.4, -0.2) is 11.2 Å². The fourth-order valence-corrected chi connectivity index (χ4v) is 3.15. The van der Waals surface area contributed by atoms with Crippen molar-refractivity contribution in [2.24, 2.45) is 0 Å². The molecule has 1 heterocycles. The van der Waals surface area contributed by atoms with Crippen molar-refractivity contribution in [1.29, 1.82) is 0 Å². The molecule has 27 heavy (non-hydrogen) atoms. The maximum absolute atomic E-state index is 12.8. The molecule has 0 spiro atoms. The van der Waals surface area contributed by atoms with Crippen molar-refractivity contribution < 1.29 is 4.39 Å². The van der Waals surface area contributed by atoms with Gasteiger partial charge in [0.2, 0.25) is 0 Å². The number of unbranched alkanes of at least 4 members (excludes halogenated alkanes) is 1. The van der Waals surface area contributed by atoms with Crippen LogP contribution in [0.5, 0.6) is 0 Å². The Morgan fingerprint density at radius 2 is 1.81 bits per heavy atom. The van der Waals surface area contributed by atoms with Crippen LogP contribution in [-0.2, 0) is 6.42 Å². The highest BCUT2D eigenvalue weighted by atomic mass is 19.1. The zero-order valence-corrected chi connectivity index (χ0v) is 15.9. The summed E-state index contributed by atoms with van der Waals surface area (Å²) in [6, 6.07) is 17.1. The summed E-state index contributed by atoms with van der Waals surface area (Å²) in [5, 5.41) is 2.43. The third-order valence-corrected chi connectivity index (χ3v) is 4.66. The molecule has 1 atom stereocenters. The van der Waals surface area contributed by atoms with Crippen LogP contribution in [0.4, 0.5) is 4.39 Å². The molecule has 2 heteroatoms. The molecule has 0 bridgehead atoms. The van der Waals surface area contributed by atoms with Crippen LogP contribution in [0.3, 0.4) is 0 Å². The molecule has 3 rings (SSSR count). The van der Waals surface area contributed by atoms with E-state index in [1.165, 1.54) is 21.9 Å². The standard InChI is InChI=1S/C25H26FN/c1-3-7-25-15-14-24(18-27-25)23-13-12-21-16-20(10-11-22(21)17-23)9-6-4-5-8-19(2)26/h3,6,9-19H,1,4-5,7-8H2,2H3. The van der Waals surface area contributed by atoms with E-state index in [9.17, 15) is 4.39 Å². The summed E-state index contributed by atoms with van der Waals surface area (Å²) in [6.45, 7) is 5.37. The molecule has 1 aromatic heterocycles. The number of hydrogen-bond acceptors (Lipinski definition) is 1. The molecule has 0 aliphatic rings. The predicted octanol–water partition coefficient (Wildman–Crippen LogP) is 7.17. The molecule has 0 N–H and O–H groups in total. The Labute approximate surface area is 161 Å². The van der Waals surface area contributed by atoms with E-state index in [1.807, 2.05) is 12.3 Å². The fourth-order valence-electron chi connectivity index (χ4n) is 3.15. The number of allylic oxidation sites excluding steroid dienone is 2. The second kappa shape index (κ2) is 9.27. The molecule has 3 aromatic rings. The molecule has 2 aromatic carbocycles. The summed E-state index contributed by atoms with van der Waals surface area (Å²) >= 11 is 0. The summed E-state index contributed by atoms with van der Waals surface area (Å²) in [4.78, 5) is 4.49. The van der Waals surface area contributed by atoms with Crippen LogP contribution < -0.4 is 0 Å². The maximum atomic E-state index is 12.8. The van der Waals surface area contributed by atoms with E-state index in [1.54, 1.807) is 6.92 Å². The number of pyridine rings is 1. The molecule has 0 amide bonds. The van der Waals surface area contributed by atoms with Crippen molar-refractivity contribution in [3.63, 3.8) is 0 Å². The summed E-state index contributed by atoms with van der Waals surface area (Å²) in [6.07, 6.45) is 10.6. The molecule has 0 saturated carbocycles. The van der Waals surface area contributed by atoms with Crippen LogP contribution in [0.15, 0.2) is 73.5 Å². The molecule has 0 aliphatic heterocycles. The molecule has 0 saturated heterocycles. The zero-order chi connectivity index (χ0) is 19.1. The van der Waals surface area contributed by atoms with Crippen molar-refractivity contribution in [3.05, 3.63) is 84.7 Å². The summed E-state index contributed by atoms with van der Waals surface area (Å²) in [7, 11) is 0. The summed E-state index contributed by atoms with van der Waals surface area (Å²) in [5.41, 5.74) is 4.51. The van der Waals surface area contributed by atoms with Gasteiger partial charge in [-0.15, -0.1) is 6.58 Å². The Morgan fingerprint density at radius 3 is 2.56 bits per heavy atom. The quantitative estimate of drug-likeness (QED) is 0.307. The Morgan fingerprint density at radius 1 is 1.04 bits per heavy atom. The van der Waals surface area contributed by atoms with E-state index in [0.29, 0.717) is 6.42 Å². The highest BCUT2D eigenvalue weighted by molar-refractivity contribution is 5.88. The Balaban J connectivity index is 1.73. The Bertz CT molecular complexity index is 923. The highest BCUT2D eigenvalue weighted by Crippen LogP contribution is 2.25. The summed E-state index contributed by atoms with van der Waals surface area (Å²) < 4.78 is 12.8. The number of benzene rings is 2. The SMILES string of the molecule is C=CCc1ccc(-c2ccc3cc(C=CCCCC(C)F)ccc3c2)cn1. The average Bonchev–Trinajstić information content (AvgIpc) is 2.68. The van der Waals surface area contributed by atoms with Gasteiger partial charge in [-0.1, -0.05) is 48.6 Å². The van der Waals surface area contributed by atoms with Gasteiger partial charge in [0.1, 0.15) is 0 Å². The minimum absolute atomic E-state index is 0.633. The molecule has 1 unspecified atom stereocenters.